The Bertz CT molecular complexity index is 799. The molecule has 0 atom stereocenters. The number of allylic oxidation sites excluding steroid dienone is 2. The molecule has 7 heteroatoms. The first-order valence-electron chi connectivity index (χ1n) is 7.47. The Morgan fingerprint density at radius 3 is 2.27 bits per heavy atom. The van der Waals surface area contributed by atoms with Gasteiger partial charge in [0.1, 0.15) is 0 Å². The Labute approximate surface area is 177 Å². The van der Waals surface area contributed by atoms with E-state index in [0.29, 0.717) is 22.0 Å². The van der Waals surface area contributed by atoms with Gasteiger partial charge in [-0.05, 0) is 41.5 Å². The molecule has 26 heavy (non-hydrogen) atoms. The molecule has 0 aliphatic carbocycles. The summed E-state index contributed by atoms with van der Waals surface area (Å²) in [6.07, 6.45) is 1.76. The molecule has 1 amide bonds. The topological polar surface area (TPSA) is 29.1 Å². The number of carbonyl (C=O) groups is 1. The van der Waals surface area contributed by atoms with E-state index in [9.17, 15) is 4.79 Å². The summed E-state index contributed by atoms with van der Waals surface area (Å²) in [6, 6.07) is 17.0. The number of hydrogen-bond donors (Lipinski definition) is 1. The third kappa shape index (κ3) is 6.90. The van der Waals surface area contributed by atoms with Crippen molar-refractivity contribution in [1.82, 2.24) is 5.32 Å². The predicted molar refractivity (Wildman–Crippen MR) is 114 cm³/mol. The molecular formula is C19H15Cl4NOS. The quantitative estimate of drug-likeness (QED) is 0.311. The van der Waals surface area contributed by atoms with Crippen LogP contribution in [0.2, 0.25) is 5.02 Å². The lowest BCUT2D eigenvalue weighted by Crippen LogP contribution is -2.34. The molecule has 0 heterocycles. The van der Waals surface area contributed by atoms with Crippen LogP contribution in [-0.4, -0.2) is 15.5 Å². The number of benzene rings is 2. The molecule has 2 nitrogen and oxygen atoms in total. The van der Waals surface area contributed by atoms with E-state index in [2.05, 4.69) is 11.9 Å². The van der Waals surface area contributed by atoms with Crippen molar-refractivity contribution in [2.45, 2.75) is 8.69 Å². The third-order valence-electron chi connectivity index (χ3n) is 3.23. The normalized spacial score (nSPS) is 11.9. The van der Waals surface area contributed by atoms with Crippen LogP contribution in [0.25, 0.3) is 5.57 Å². The van der Waals surface area contributed by atoms with E-state index in [1.807, 2.05) is 42.5 Å². The van der Waals surface area contributed by atoms with Gasteiger partial charge in [0.05, 0.1) is 0 Å². The van der Waals surface area contributed by atoms with E-state index >= 15 is 0 Å². The summed E-state index contributed by atoms with van der Waals surface area (Å²) in [5.74, 6) is -0.241. The van der Waals surface area contributed by atoms with Crippen LogP contribution in [0.4, 0.5) is 0 Å². The zero-order chi connectivity index (χ0) is 19.2. The first-order chi connectivity index (χ1) is 12.3. The van der Waals surface area contributed by atoms with Crippen molar-refractivity contribution in [3.8, 4) is 0 Å². The Hall–Kier alpha value is -1.10. The van der Waals surface area contributed by atoms with Gasteiger partial charge in [-0.25, -0.2) is 0 Å². The van der Waals surface area contributed by atoms with Crippen LogP contribution in [0.5, 0.6) is 0 Å². The lowest BCUT2D eigenvalue weighted by atomic mass is 10.1. The van der Waals surface area contributed by atoms with Gasteiger partial charge >= 0.3 is 0 Å². The number of hydrogen-bond acceptors (Lipinski definition) is 2. The SMILES string of the molecule is C=C(/C=C(/CSc1ccccc1)NC(=O)C(Cl)(Cl)Cl)c1ccc(Cl)cc1. The van der Waals surface area contributed by atoms with Gasteiger partial charge < -0.3 is 5.32 Å². The van der Waals surface area contributed by atoms with Crippen LogP contribution in [0, 0.1) is 0 Å². The molecule has 2 aromatic carbocycles. The fourth-order valence-electron chi connectivity index (χ4n) is 1.97. The zero-order valence-corrected chi connectivity index (χ0v) is 17.4. The van der Waals surface area contributed by atoms with Crippen LogP contribution < -0.4 is 5.32 Å². The highest BCUT2D eigenvalue weighted by Gasteiger charge is 2.31. The number of rotatable bonds is 6. The van der Waals surface area contributed by atoms with Crippen LogP contribution in [-0.2, 0) is 4.79 Å². The summed E-state index contributed by atoms with van der Waals surface area (Å²) in [5.41, 5.74) is 2.16. The molecular weight excluding hydrogens is 432 g/mol. The van der Waals surface area contributed by atoms with Crippen molar-refractivity contribution >= 4 is 69.6 Å². The Kier molecular flexibility index (Phi) is 7.93. The van der Waals surface area contributed by atoms with Gasteiger partial charge in [-0.3, -0.25) is 4.79 Å². The molecule has 0 unspecified atom stereocenters. The van der Waals surface area contributed by atoms with Gasteiger partial charge in [-0.1, -0.05) is 83.3 Å². The molecule has 0 aliphatic rings. The molecule has 0 radical (unpaired) electrons. The molecule has 0 aliphatic heterocycles. The second-order valence-electron chi connectivity index (χ2n) is 5.26. The van der Waals surface area contributed by atoms with Gasteiger partial charge in [0.15, 0.2) is 0 Å². The summed E-state index contributed by atoms with van der Waals surface area (Å²) >= 11 is 24.4. The van der Waals surface area contributed by atoms with Crippen molar-refractivity contribution in [1.29, 1.82) is 0 Å². The molecule has 1 N–H and O–H groups in total. The number of halogens is 4. The first kappa shape index (κ1) is 21.2. The van der Waals surface area contributed by atoms with Gasteiger partial charge in [0.2, 0.25) is 0 Å². The molecule has 0 saturated carbocycles. The largest absolute Gasteiger partial charge is 0.325 e. The summed E-state index contributed by atoms with van der Waals surface area (Å²) in [6.45, 7) is 4.04. The number of carbonyl (C=O) groups excluding carboxylic acids is 1. The summed E-state index contributed by atoms with van der Waals surface area (Å²) in [5, 5.41) is 3.29. The van der Waals surface area contributed by atoms with Crippen molar-refractivity contribution < 1.29 is 4.79 Å². The second-order valence-corrected chi connectivity index (χ2v) is 9.02. The van der Waals surface area contributed by atoms with Crippen LogP contribution in [0.3, 0.4) is 0 Å². The number of nitrogens with one attached hydrogen (secondary N) is 1. The highest BCUT2D eigenvalue weighted by atomic mass is 35.6. The van der Waals surface area contributed by atoms with E-state index < -0.39 is 9.70 Å². The van der Waals surface area contributed by atoms with Crippen molar-refractivity contribution in [3.05, 3.63) is 83.5 Å². The summed E-state index contributed by atoms with van der Waals surface area (Å²) in [4.78, 5) is 13.1. The number of amides is 1. The monoisotopic (exact) mass is 445 g/mol. The maximum atomic E-state index is 12.0. The Morgan fingerprint density at radius 1 is 1.08 bits per heavy atom. The molecule has 136 valence electrons. The van der Waals surface area contributed by atoms with E-state index in [0.717, 1.165) is 10.5 Å². The van der Waals surface area contributed by atoms with Crippen molar-refractivity contribution in [3.63, 3.8) is 0 Å². The molecule has 0 saturated heterocycles. The number of thioether (sulfide) groups is 1. The second kappa shape index (κ2) is 9.72. The smallest absolute Gasteiger partial charge is 0.276 e. The third-order valence-corrected chi connectivity index (χ3v) is 5.06. The maximum absolute atomic E-state index is 12.0. The van der Waals surface area contributed by atoms with Gasteiger partial charge in [0.25, 0.3) is 9.70 Å². The Morgan fingerprint density at radius 2 is 1.69 bits per heavy atom. The fraction of sp³-hybridized carbons (Fsp3) is 0.105. The minimum atomic E-state index is -2.04. The average Bonchev–Trinajstić information content (AvgIpc) is 2.60. The molecule has 2 rings (SSSR count). The van der Waals surface area contributed by atoms with Gasteiger partial charge in [-0.2, -0.15) is 0 Å². The van der Waals surface area contributed by atoms with Crippen molar-refractivity contribution in [2.24, 2.45) is 0 Å². The van der Waals surface area contributed by atoms with Crippen molar-refractivity contribution in [2.75, 3.05) is 5.75 Å². The highest BCUT2D eigenvalue weighted by Crippen LogP contribution is 2.28. The standard InChI is InChI=1S/C19H15Cl4NOS/c1-13(14-7-9-15(20)10-8-14)11-16(24-18(25)19(21,22)23)12-26-17-5-3-2-4-6-17/h2-11H,1,12H2,(H,24,25)/b16-11-. The van der Waals surface area contributed by atoms with Gasteiger partial charge in [-0.15, -0.1) is 11.8 Å². The van der Waals surface area contributed by atoms with E-state index in [-0.39, 0.29) is 0 Å². The zero-order valence-electron chi connectivity index (χ0n) is 13.5. The molecule has 2 aromatic rings. The van der Waals surface area contributed by atoms with Crippen LogP contribution in [0.1, 0.15) is 5.56 Å². The average molecular weight is 447 g/mol. The molecule has 0 bridgehead atoms. The molecule has 0 fully saturated rings. The van der Waals surface area contributed by atoms with Gasteiger partial charge in [0, 0.05) is 21.4 Å². The fourth-order valence-corrected chi connectivity index (χ4v) is 3.06. The summed E-state index contributed by atoms with van der Waals surface area (Å²) in [7, 11) is 0. The highest BCUT2D eigenvalue weighted by molar-refractivity contribution is 7.99. The van der Waals surface area contributed by atoms with E-state index in [4.69, 9.17) is 46.4 Å². The minimum absolute atomic E-state index is 0.475. The molecule has 0 aromatic heterocycles. The van der Waals surface area contributed by atoms with E-state index in [1.54, 1.807) is 30.0 Å². The lowest BCUT2D eigenvalue weighted by molar-refractivity contribution is -0.119. The number of alkyl halides is 3. The maximum Gasteiger partial charge on any atom is 0.276 e. The van der Waals surface area contributed by atoms with E-state index in [1.165, 1.54) is 0 Å². The summed E-state index contributed by atoms with van der Waals surface area (Å²) < 4.78 is -2.04. The first-order valence-corrected chi connectivity index (χ1v) is 9.97. The minimum Gasteiger partial charge on any atom is -0.325 e. The lowest BCUT2D eigenvalue weighted by Gasteiger charge is -2.15. The van der Waals surface area contributed by atoms with Crippen LogP contribution in [0.15, 0.2) is 77.8 Å². The predicted octanol–water partition coefficient (Wildman–Crippen LogP) is 6.52. The van der Waals surface area contributed by atoms with Crippen LogP contribution >= 0.6 is 58.2 Å². The molecule has 0 spiro atoms. The Balaban J connectivity index is 2.19.